The van der Waals surface area contributed by atoms with Crippen LogP contribution in [0.15, 0.2) is 53.0 Å². The highest BCUT2D eigenvalue weighted by Gasteiger charge is 2.22. The molecule has 1 heterocycles. The van der Waals surface area contributed by atoms with E-state index in [4.69, 9.17) is 11.6 Å². The van der Waals surface area contributed by atoms with Crippen molar-refractivity contribution in [3.8, 4) is 0 Å². The Bertz CT molecular complexity index is 714. The van der Waals surface area contributed by atoms with Crippen LogP contribution in [0.2, 0.25) is 5.02 Å². The summed E-state index contributed by atoms with van der Waals surface area (Å²) in [6.07, 6.45) is 1.34. The molecule has 126 valence electrons. The lowest BCUT2D eigenvalue weighted by molar-refractivity contribution is -0.131. The number of piperazine rings is 1. The minimum atomic E-state index is 0.230. The number of aryl methyl sites for hydroxylation is 1. The Kier molecular flexibility index (Phi) is 5.80. The first-order valence-electron chi connectivity index (χ1n) is 8.15. The Labute approximate surface area is 156 Å². The van der Waals surface area contributed by atoms with Gasteiger partial charge in [-0.1, -0.05) is 51.8 Å². The maximum absolute atomic E-state index is 12.4. The van der Waals surface area contributed by atoms with Crippen LogP contribution in [0.25, 0.3) is 0 Å². The van der Waals surface area contributed by atoms with Gasteiger partial charge in [0, 0.05) is 37.1 Å². The van der Waals surface area contributed by atoms with Gasteiger partial charge >= 0.3 is 0 Å². The van der Waals surface area contributed by atoms with Gasteiger partial charge in [-0.3, -0.25) is 4.79 Å². The molecule has 0 bridgehead atoms. The standard InChI is InChI=1S/C19H20BrClN2O/c20-16-5-3-4-15(14-16)8-9-19(24)23-12-10-22(11-13-23)18-7-2-1-6-17(18)21/h1-7,14H,8-13H2. The van der Waals surface area contributed by atoms with Crippen LogP contribution in [-0.2, 0) is 11.2 Å². The van der Waals surface area contributed by atoms with Crippen molar-refractivity contribution in [2.75, 3.05) is 31.1 Å². The molecule has 3 rings (SSSR count). The maximum Gasteiger partial charge on any atom is 0.223 e. The molecule has 0 radical (unpaired) electrons. The smallest absolute Gasteiger partial charge is 0.223 e. The molecule has 0 N–H and O–H groups in total. The summed E-state index contributed by atoms with van der Waals surface area (Å²) in [7, 11) is 0. The Morgan fingerprint density at radius 3 is 2.50 bits per heavy atom. The van der Waals surface area contributed by atoms with E-state index in [2.05, 4.69) is 33.0 Å². The lowest BCUT2D eigenvalue weighted by Gasteiger charge is -2.36. The van der Waals surface area contributed by atoms with E-state index >= 15 is 0 Å². The first kappa shape index (κ1) is 17.3. The number of carbonyl (C=O) groups excluding carboxylic acids is 1. The van der Waals surface area contributed by atoms with E-state index < -0.39 is 0 Å². The van der Waals surface area contributed by atoms with Crippen molar-refractivity contribution in [3.63, 3.8) is 0 Å². The lowest BCUT2D eigenvalue weighted by atomic mass is 10.1. The fraction of sp³-hybridized carbons (Fsp3) is 0.316. The number of rotatable bonds is 4. The number of para-hydroxylation sites is 1. The third-order valence-electron chi connectivity index (χ3n) is 4.34. The number of hydrogen-bond donors (Lipinski definition) is 0. The summed E-state index contributed by atoms with van der Waals surface area (Å²) in [5.74, 6) is 0.230. The van der Waals surface area contributed by atoms with Crippen LogP contribution in [0.4, 0.5) is 5.69 Å². The highest BCUT2D eigenvalue weighted by Crippen LogP contribution is 2.26. The van der Waals surface area contributed by atoms with Gasteiger partial charge in [-0.2, -0.15) is 0 Å². The fourth-order valence-corrected chi connectivity index (χ4v) is 3.71. The van der Waals surface area contributed by atoms with E-state index in [0.29, 0.717) is 6.42 Å². The lowest BCUT2D eigenvalue weighted by Crippen LogP contribution is -2.48. The van der Waals surface area contributed by atoms with Crippen molar-refractivity contribution in [3.05, 3.63) is 63.6 Å². The van der Waals surface area contributed by atoms with Crippen molar-refractivity contribution < 1.29 is 4.79 Å². The van der Waals surface area contributed by atoms with E-state index in [-0.39, 0.29) is 5.91 Å². The average Bonchev–Trinajstić information content (AvgIpc) is 2.60. The molecule has 2 aromatic carbocycles. The van der Waals surface area contributed by atoms with Gasteiger partial charge in [-0.25, -0.2) is 0 Å². The first-order valence-corrected chi connectivity index (χ1v) is 9.32. The van der Waals surface area contributed by atoms with Crippen LogP contribution < -0.4 is 4.90 Å². The molecule has 1 amide bonds. The normalized spacial score (nSPS) is 14.8. The van der Waals surface area contributed by atoms with Crippen LogP contribution in [0, 0.1) is 0 Å². The van der Waals surface area contributed by atoms with Crippen LogP contribution in [-0.4, -0.2) is 37.0 Å². The Hall–Kier alpha value is -1.52. The Morgan fingerprint density at radius 1 is 1.04 bits per heavy atom. The molecule has 0 unspecified atom stereocenters. The zero-order valence-electron chi connectivity index (χ0n) is 13.4. The number of halogens is 2. The summed E-state index contributed by atoms with van der Waals surface area (Å²) >= 11 is 9.73. The van der Waals surface area contributed by atoms with Gasteiger partial charge in [0.15, 0.2) is 0 Å². The van der Waals surface area contributed by atoms with E-state index in [1.165, 1.54) is 5.56 Å². The predicted octanol–water partition coefficient (Wildman–Crippen LogP) is 4.38. The largest absolute Gasteiger partial charge is 0.367 e. The second kappa shape index (κ2) is 8.04. The van der Waals surface area contributed by atoms with Gasteiger partial charge in [0.05, 0.1) is 10.7 Å². The molecule has 24 heavy (non-hydrogen) atoms. The quantitative estimate of drug-likeness (QED) is 0.751. The third kappa shape index (κ3) is 4.31. The average molecular weight is 408 g/mol. The summed E-state index contributed by atoms with van der Waals surface area (Å²) in [6.45, 7) is 3.16. The minimum Gasteiger partial charge on any atom is -0.367 e. The molecule has 1 aliphatic heterocycles. The fourth-order valence-electron chi connectivity index (χ4n) is 3.01. The summed E-state index contributed by atoms with van der Waals surface area (Å²) in [5.41, 5.74) is 2.24. The number of carbonyl (C=O) groups is 1. The zero-order valence-corrected chi connectivity index (χ0v) is 15.8. The SMILES string of the molecule is O=C(CCc1cccc(Br)c1)N1CCN(c2ccccc2Cl)CC1. The second-order valence-corrected chi connectivity index (χ2v) is 7.27. The highest BCUT2D eigenvalue weighted by atomic mass is 79.9. The molecule has 1 fully saturated rings. The van der Waals surface area contributed by atoms with Crippen molar-refractivity contribution >= 4 is 39.1 Å². The zero-order chi connectivity index (χ0) is 16.9. The molecule has 0 aliphatic carbocycles. The van der Waals surface area contributed by atoms with E-state index in [1.807, 2.05) is 41.3 Å². The van der Waals surface area contributed by atoms with Gasteiger partial charge < -0.3 is 9.80 Å². The monoisotopic (exact) mass is 406 g/mol. The van der Waals surface area contributed by atoms with Crippen LogP contribution in [0.3, 0.4) is 0 Å². The molecule has 1 saturated heterocycles. The van der Waals surface area contributed by atoms with E-state index in [9.17, 15) is 4.79 Å². The molecule has 0 spiro atoms. The maximum atomic E-state index is 12.4. The van der Waals surface area contributed by atoms with Crippen LogP contribution in [0.1, 0.15) is 12.0 Å². The molecular formula is C19H20BrClN2O. The molecule has 0 atom stereocenters. The summed E-state index contributed by atoms with van der Waals surface area (Å²) in [6, 6.07) is 16.0. The Balaban J connectivity index is 1.51. The Morgan fingerprint density at radius 2 is 1.79 bits per heavy atom. The van der Waals surface area contributed by atoms with Gasteiger partial charge in [0.2, 0.25) is 5.91 Å². The van der Waals surface area contributed by atoms with Crippen LogP contribution >= 0.6 is 27.5 Å². The predicted molar refractivity (Wildman–Crippen MR) is 103 cm³/mol. The summed E-state index contributed by atoms with van der Waals surface area (Å²) in [5, 5.41) is 0.770. The van der Waals surface area contributed by atoms with Gasteiger partial charge in [-0.15, -0.1) is 0 Å². The summed E-state index contributed by atoms with van der Waals surface area (Å²) in [4.78, 5) is 16.7. The van der Waals surface area contributed by atoms with Crippen molar-refractivity contribution in [1.29, 1.82) is 0 Å². The highest BCUT2D eigenvalue weighted by molar-refractivity contribution is 9.10. The van der Waals surface area contributed by atoms with Crippen molar-refractivity contribution in [2.45, 2.75) is 12.8 Å². The molecule has 2 aromatic rings. The molecule has 1 aliphatic rings. The molecule has 0 aromatic heterocycles. The van der Waals surface area contributed by atoms with Crippen LogP contribution in [0.5, 0.6) is 0 Å². The summed E-state index contributed by atoms with van der Waals surface area (Å²) < 4.78 is 1.06. The topological polar surface area (TPSA) is 23.6 Å². The number of benzene rings is 2. The van der Waals surface area contributed by atoms with E-state index in [0.717, 1.165) is 47.8 Å². The molecule has 0 saturated carbocycles. The molecular weight excluding hydrogens is 388 g/mol. The van der Waals surface area contributed by atoms with Gasteiger partial charge in [0.1, 0.15) is 0 Å². The minimum absolute atomic E-state index is 0.230. The van der Waals surface area contributed by atoms with Crippen molar-refractivity contribution in [1.82, 2.24) is 4.90 Å². The first-order chi connectivity index (χ1) is 11.6. The number of amides is 1. The number of anilines is 1. The van der Waals surface area contributed by atoms with Gasteiger partial charge in [-0.05, 0) is 36.2 Å². The number of nitrogens with zero attached hydrogens (tertiary/aromatic N) is 2. The molecule has 5 heteroatoms. The second-order valence-electron chi connectivity index (χ2n) is 5.95. The number of hydrogen-bond acceptors (Lipinski definition) is 2. The third-order valence-corrected chi connectivity index (χ3v) is 5.15. The van der Waals surface area contributed by atoms with Crippen molar-refractivity contribution in [2.24, 2.45) is 0 Å². The van der Waals surface area contributed by atoms with E-state index in [1.54, 1.807) is 0 Å². The molecule has 3 nitrogen and oxygen atoms in total. The van der Waals surface area contributed by atoms with Gasteiger partial charge in [0.25, 0.3) is 0 Å².